The maximum Gasteiger partial charge on any atom is 0.227 e. The standard InChI is InChI=1S/C27H37N3O4/c1-5-17-29(18-22(31)20-33-7-3)19-25-26(6-2)28-30(21-11-9-8-10-12-21)27(25)34-24-15-13-23(32-4)14-16-24/h8-16,22,31H,5-7,17-20H2,1-4H3. The van der Waals surface area contributed by atoms with Crippen LogP contribution >= 0.6 is 0 Å². The van der Waals surface area contributed by atoms with Crippen LogP contribution in [0.15, 0.2) is 54.6 Å². The van der Waals surface area contributed by atoms with E-state index in [-0.39, 0.29) is 0 Å². The molecule has 7 heteroatoms. The Bertz CT molecular complexity index is 989. The van der Waals surface area contributed by atoms with Gasteiger partial charge < -0.3 is 19.3 Å². The predicted molar refractivity (Wildman–Crippen MR) is 134 cm³/mol. The van der Waals surface area contributed by atoms with E-state index in [0.29, 0.717) is 37.9 Å². The van der Waals surface area contributed by atoms with E-state index in [1.54, 1.807) is 7.11 Å². The van der Waals surface area contributed by atoms with E-state index in [1.807, 2.05) is 66.2 Å². The van der Waals surface area contributed by atoms with E-state index in [2.05, 4.69) is 18.7 Å². The summed E-state index contributed by atoms with van der Waals surface area (Å²) in [5.41, 5.74) is 2.94. The number of nitrogens with zero attached hydrogens (tertiary/aromatic N) is 3. The SMILES string of the molecule is CCCN(Cc1c(CC)nn(-c2ccccc2)c1Oc1ccc(OC)cc1)CC(O)COCC. The Morgan fingerprint density at radius 3 is 2.32 bits per heavy atom. The minimum atomic E-state index is -0.549. The van der Waals surface area contributed by atoms with Gasteiger partial charge in [-0.15, -0.1) is 0 Å². The topological polar surface area (TPSA) is 69.0 Å². The highest BCUT2D eigenvalue weighted by Gasteiger charge is 2.23. The normalized spacial score (nSPS) is 12.2. The molecule has 1 heterocycles. The van der Waals surface area contributed by atoms with Gasteiger partial charge in [-0.25, -0.2) is 4.68 Å². The number of hydrogen-bond donors (Lipinski definition) is 1. The fourth-order valence-corrected chi connectivity index (χ4v) is 3.90. The van der Waals surface area contributed by atoms with Gasteiger partial charge >= 0.3 is 0 Å². The second-order valence-electron chi connectivity index (χ2n) is 8.16. The van der Waals surface area contributed by atoms with Crippen molar-refractivity contribution in [2.45, 2.75) is 46.3 Å². The Kier molecular flexibility index (Phi) is 9.94. The highest BCUT2D eigenvalue weighted by Crippen LogP contribution is 2.33. The number of methoxy groups -OCH3 is 1. The van der Waals surface area contributed by atoms with Crippen LogP contribution in [0.4, 0.5) is 0 Å². The number of hydrogen-bond acceptors (Lipinski definition) is 6. The van der Waals surface area contributed by atoms with Crippen molar-refractivity contribution in [1.29, 1.82) is 0 Å². The van der Waals surface area contributed by atoms with Crippen LogP contribution in [0.1, 0.15) is 38.4 Å². The summed E-state index contributed by atoms with van der Waals surface area (Å²) in [6.45, 7) is 9.10. The number of para-hydroxylation sites is 1. The molecule has 0 fully saturated rings. The predicted octanol–water partition coefficient (Wildman–Crippen LogP) is 4.85. The molecule has 0 aliphatic rings. The summed E-state index contributed by atoms with van der Waals surface area (Å²) in [6.07, 6.45) is 1.20. The van der Waals surface area contributed by atoms with Gasteiger partial charge in [0.15, 0.2) is 0 Å². The van der Waals surface area contributed by atoms with Gasteiger partial charge in [-0.1, -0.05) is 32.0 Å². The molecule has 0 saturated carbocycles. The average molecular weight is 468 g/mol. The van der Waals surface area contributed by atoms with Crippen LogP contribution in [0, 0.1) is 0 Å². The van der Waals surface area contributed by atoms with E-state index in [4.69, 9.17) is 19.3 Å². The highest BCUT2D eigenvalue weighted by atomic mass is 16.5. The van der Waals surface area contributed by atoms with Crippen molar-refractivity contribution in [3.63, 3.8) is 0 Å². The molecule has 3 rings (SSSR count). The molecular weight excluding hydrogens is 430 g/mol. The Morgan fingerprint density at radius 1 is 1.00 bits per heavy atom. The summed E-state index contributed by atoms with van der Waals surface area (Å²) in [5, 5.41) is 15.4. The second-order valence-corrected chi connectivity index (χ2v) is 8.16. The summed E-state index contributed by atoms with van der Waals surface area (Å²) in [5.74, 6) is 2.17. The maximum atomic E-state index is 10.5. The Morgan fingerprint density at radius 2 is 1.71 bits per heavy atom. The lowest BCUT2D eigenvalue weighted by atomic mass is 10.1. The van der Waals surface area contributed by atoms with Crippen LogP contribution in [-0.4, -0.2) is 59.3 Å². The van der Waals surface area contributed by atoms with E-state index in [1.165, 1.54) is 0 Å². The van der Waals surface area contributed by atoms with Crippen molar-refractivity contribution >= 4 is 0 Å². The molecule has 0 aliphatic heterocycles. The molecule has 184 valence electrons. The molecule has 1 aromatic heterocycles. The van der Waals surface area contributed by atoms with Crippen molar-refractivity contribution in [2.75, 3.05) is 33.4 Å². The minimum Gasteiger partial charge on any atom is -0.497 e. The van der Waals surface area contributed by atoms with Gasteiger partial charge in [0.2, 0.25) is 5.88 Å². The first-order chi connectivity index (χ1) is 16.6. The van der Waals surface area contributed by atoms with E-state index in [9.17, 15) is 5.11 Å². The van der Waals surface area contributed by atoms with Crippen molar-refractivity contribution < 1.29 is 19.3 Å². The molecule has 0 bridgehead atoms. The first-order valence-corrected chi connectivity index (χ1v) is 12.1. The van der Waals surface area contributed by atoms with Crippen LogP contribution in [-0.2, 0) is 17.7 Å². The summed E-state index contributed by atoms with van der Waals surface area (Å²) >= 11 is 0. The van der Waals surface area contributed by atoms with Crippen molar-refractivity contribution in [1.82, 2.24) is 14.7 Å². The Balaban J connectivity index is 1.98. The highest BCUT2D eigenvalue weighted by molar-refractivity contribution is 5.44. The minimum absolute atomic E-state index is 0.329. The van der Waals surface area contributed by atoms with Crippen molar-refractivity contribution in [3.05, 3.63) is 65.9 Å². The molecule has 2 aromatic carbocycles. The summed E-state index contributed by atoms with van der Waals surface area (Å²) in [7, 11) is 1.65. The second kappa shape index (κ2) is 13.1. The Hall–Kier alpha value is -2.87. The monoisotopic (exact) mass is 467 g/mol. The lowest BCUT2D eigenvalue weighted by Crippen LogP contribution is -2.35. The number of aromatic nitrogens is 2. The first kappa shape index (κ1) is 25.7. The quantitative estimate of drug-likeness (QED) is 0.366. The third-order valence-electron chi connectivity index (χ3n) is 5.53. The van der Waals surface area contributed by atoms with Crippen LogP contribution in [0.2, 0.25) is 0 Å². The van der Waals surface area contributed by atoms with Crippen LogP contribution < -0.4 is 9.47 Å². The van der Waals surface area contributed by atoms with E-state index >= 15 is 0 Å². The van der Waals surface area contributed by atoms with Crippen LogP contribution in [0.25, 0.3) is 5.69 Å². The molecule has 0 spiro atoms. The molecular formula is C27H37N3O4. The third kappa shape index (κ3) is 6.82. The average Bonchev–Trinajstić information content (AvgIpc) is 3.20. The zero-order valence-corrected chi connectivity index (χ0v) is 20.7. The molecule has 0 saturated heterocycles. The first-order valence-electron chi connectivity index (χ1n) is 12.1. The summed E-state index contributed by atoms with van der Waals surface area (Å²) in [6, 6.07) is 17.6. The molecule has 1 unspecified atom stereocenters. The summed E-state index contributed by atoms with van der Waals surface area (Å²) in [4.78, 5) is 2.25. The number of aliphatic hydroxyl groups excluding tert-OH is 1. The number of benzene rings is 2. The number of aryl methyl sites for hydroxylation is 1. The molecule has 3 aromatic rings. The molecule has 0 radical (unpaired) electrons. The van der Waals surface area contributed by atoms with Crippen LogP contribution in [0.5, 0.6) is 17.4 Å². The Labute approximate surface area is 202 Å². The van der Waals surface area contributed by atoms with Crippen molar-refractivity contribution in [2.24, 2.45) is 0 Å². The fourth-order valence-electron chi connectivity index (χ4n) is 3.90. The molecule has 1 N–H and O–H groups in total. The van der Waals surface area contributed by atoms with Gasteiger partial charge in [-0.2, -0.15) is 5.10 Å². The van der Waals surface area contributed by atoms with Gasteiger partial charge in [0.1, 0.15) is 11.5 Å². The smallest absolute Gasteiger partial charge is 0.227 e. The number of ether oxygens (including phenoxy) is 3. The lowest BCUT2D eigenvalue weighted by molar-refractivity contribution is 0.0194. The fraction of sp³-hybridized carbons (Fsp3) is 0.444. The lowest BCUT2D eigenvalue weighted by Gasteiger charge is -2.25. The largest absolute Gasteiger partial charge is 0.497 e. The molecule has 0 aliphatic carbocycles. The van der Waals surface area contributed by atoms with Gasteiger partial charge in [0.05, 0.1) is 36.8 Å². The summed E-state index contributed by atoms with van der Waals surface area (Å²) < 4.78 is 19.0. The zero-order valence-electron chi connectivity index (χ0n) is 20.7. The number of rotatable bonds is 14. The third-order valence-corrected chi connectivity index (χ3v) is 5.53. The van der Waals surface area contributed by atoms with E-state index in [0.717, 1.165) is 42.1 Å². The number of aliphatic hydroxyl groups is 1. The van der Waals surface area contributed by atoms with Gasteiger partial charge in [0, 0.05) is 19.7 Å². The van der Waals surface area contributed by atoms with Gasteiger partial charge in [-0.05, 0) is 62.7 Å². The molecule has 1 atom stereocenters. The van der Waals surface area contributed by atoms with Crippen molar-refractivity contribution in [3.8, 4) is 23.1 Å². The van der Waals surface area contributed by atoms with Crippen LogP contribution in [0.3, 0.4) is 0 Å². The molecule has 0 amide bonds. The zero-order chi connectivity index (χ0) is 24.3. The van der Waals surface area contributed by atoms with E-state index < -0.39 is 6.10 Å². The van der Waals surface area contributed by atoms with Gasteiger partial charge in [-0.3, -0.25) is 4.90 Å². The maximum absolute atomic E-state index is 10.5. The molecule has 34 heavy (non-hydrogen) atoms. The molecule has 7 nitrogen and oxygen atoms in total. The van der Waals surface area contributed by atoms with Gasteiger partial charge in [0.25, 0.3) is 0 Å².